The van der Waals surface area contributed by atoms with Gasteiger partial charge in [0.1, 0.15) is 5.82 Å². The van der Waals surface area contributed by atoms with Gasteiger partial charge in [0.05, 0.1) is 17.0 Å². The molecule has 1 aromatic carbocycles. The van der Waals surface area contributed by atoms with Crippen LogP contribution in [0.3, 0.4) is 0 Å². The van der Waals surface area contributed by atoms with Gasteiger partial charge in [-0.15, -0.1) is 5.10 Å². The van der Waals surface area contributed by atoms with E-state index in [0.717, 1.165) is 12.8 Å². The standard InChI is InChI=1S/C14H17FN4OS/c1-9(20)11-7-4-8-12(15)13(11)21-14-16-17-18-19(14)10-5-2-3-6-10/h4,7-10,20H,2-3,5-6H2,1H3/t9-/m0/s1. The molecule has 3 rings (SSSR count). The maximum Gasteiger partial charge on any atom is 0.214 e. The summed E-state index contributed by atoms with van der Waals surface area (Å²) in [5, 5.41) is 22.2. The minimum absolute atomic E-state index is 0.296. The summed E-state index contributed by atoms with van der Waals surface area (Å²) < 4.78 is 15.9. The van der Waals surface area contributed by atoms with E-state index in [2.05, 4.69) is 15.5 Å². The lowest BCUT2D eigenvalue weighted by Gasteiger charge is -2.14. The van der Waals surface area contributed by atoms with E-state index in [-0.39, 0.29) is 5.82 Å². The van der Waals surface area contributed by atoms with Crippen molar-refractivity contribution < 1.29 is 9.50 Å². The Morgan fingerprint density at radius 2 is 2.14 bits per heavy atom. The van der Waals surface area contributed by atoms with Crippen molar-refractivity contribution in [1.29, 1.82) is 0 Å². The van der Waals surface area contributed by atoms with Gasteiger partial charge in [-0.1, -0.05) is 25.0 Å². The van der Waals surface area contributed by atoms with E-state index in [1.807, 2.05) is 0 Å². The maximum atomic E-state index is 14.1. The normalized spacial score (nSPS) is 17.3. The molecule has 1 heterocycles. The molecule has 1 saturated carbocycles. The molecule has 0 spiro atoms. The zero-order valence-corrected chi connectivity index (χ0v) is 12.6. The number of hydrogen-bond donors (Lipinski definition) is 1. The van der Waals surface area contributed by atoms with Crippen LogP contribution in [0.15, 0.2) is 28.3 Å². The van der Waals surface area contributed by atoms with Crippen molar-refractivity contribution in [2.45, 2.75) is 54.8 Å². The molecule has 1 N–H and O–H groups in total. The van der Waals surface area contributed by atoms with Gasteiger partial charge in [-0.05, 0) is 53.6 Å². The van der Waals surface area contributed by atoms with Crippen LogP contribution in [-0.2, 0) is 0 Å². The molecule has 0 amide bonds. The smallest absolute Gasteiger partial charge is 0.214 e. The first kappa shape index (κ1) is 14.5. The van der Waals surface area contributed by atoms with Crippen LogP contribution in [0.5, 0.6) is 0 Å². The molecule has 5 nitrogen and oxygen atoms in total. The Kier molecular flexibility index (Phi) is 4.21. The molecule has 0 radical (unpaired) electrons. The average Bonchev–Trinajstić information content (AvgIpc) is 3.11. The maximum absolute atomic E-state index is 14.1. The molecule has 1 atom stereocenters. The Labute approximate surface area is 126 Å². The molecule has 0 bridgehead atoms. The minimum Gasteiger partial charge on any atom is -0.389 e. The van der Waals surface area contributed by atoms with Crippen LogP contribution in [0.4, 0.5) is 4.39 Å². The SMILES string of the molecule is C[C@H](O)c1cccc(F)c1Sc1nnnn1C1CCCC1. The molecule has 2 aromatic rings. The van der Waals surface area contributed by atoms with Gasteiger partial charge in [0.25, 0.3) is 0 Å². The lowest BCUT2D eigenvalue weighted by atomic mass is 10.1. The van der Waals surface area contributed by atoms with Crippen molar-refractivity contribution in [3.63, 3.8) is 0 Å². The number of aliphatic hydroxyl groups excluding tert-OH is 1. The van der Waals surface area contributed by atoms with E-state index in [1.54, 1.807) is 23.7 Å². The quantitative estimate of drug-likeness (QED) is 0.940. The van der Waals surface area contributed by atoms with Crippen LogP contribution in [-0.4, -0.2) is 25.3 Å². The lowest BCUT2D eigenvalue weighted by Crippen LogP contribution is -2.08. The van der Waals surface area contributed by atoms with Gasteiger partial charge in [-0.2, -0.15) is 0 Å². The highest BCUT2D eigenvalue weighted by molar-refractivity contribution is 7.99. The van der Waals surface area contributed by atoms with Crippen LogP contribution in [0, 0.1) is 5.82 Å². The van der Waals surface area contributed by atoms with Crippen LogP contribution < -0.4 is 0 Å². The van der Waals surface area contributed by atoms with E-state index in [4.69, 9.17) is 0 Å². The Hall–Kier alpha value is -1.47. The number of aromatic nitrogens is 4. The van der Waals surface area contributed by atoms with Crippen molar-refractivity contribution in [1.82, 2.24) is 20.2 Å². The summed E-state index contributed by atoms with van der Waals surface area (Å²) >= 11 is 1.18. The molecule has 1 aliphatic rings. The van der Waals surface area contributed by atoms with Crippen LogP contribution in [0.1, 0.15) is 50.3 Å². The van der Waals surface area contributed by atoms with Gasteiger partial charge in [0, 0.05) is 0 Å². The van der Waals surface area contributed by atoms with E-state index in [0.29, 0.717) is 21.7 Å². The molecule has 0 saturated heterocycles. The summed E-state index contributed by atoms with van der Waals surface area (Å²) in [7, 11) is 0. The van der Waals surface area contributed by atoms with E-state index in [9.17, 15) is 9.50 Å². The molecule has 1 aliphatic carbocycles. The highest BCUT2D eigenvalue weighted by Gasteiger charge is 2.23. The second-order valence-electron chi connectivity index (χ2n) is 5.28. The van der Waals surface area contributed by atoms with Crippen molar-refractivity contribution >= 4 is 11.8 Å². The third-order valence-electron chi connectivity index (χ3n) is 3.77. The Bertz CT molecular complexity index is 625. The van der Waals surface area contributed by atoms with Crippen LogP contribution >= 0.6 is 11.8 Å². The molecule has 0 aliphatic heterocycles. The zero-order valence-electron chi connectivity index (χ0n) is 11.7. The first-order valence-electron chi connectivity index (χ1n) is 7.09. The predicted molar refractivity (Wildman–Crippen MR) is 76.5 cm³/mol. The highest BCUT2D eigenvalue weighted by Crippen LogP contribution is 2.37. The molecule has 112 valence electrons. The van der Waals surface area contributed by atoms with Gasteiger partial charge in [0.15, 0.2) is 0 Å². The first-order valence-corrected chi connectivity index (χ1v) is 7.90. The van der Waals surface area contributed by atoms with Gasteiger partial charge >= 0.3 is 0 Å². The Balaban J connectivity index is 1.92. The summed E-state index contributed by atoms with van der Waals surface area (Å²) in [6.45, 7) is 1.62. The van der Waals surface area contributed by atoms with Gasteiger partial charge in [-0.25, -0.2) is 9.07 Å². The molecule has 7 heteroatoms. The largest absolute Gasteiger partial charge is 0.389 e. The number of hydrogen-bond acceptors (Lipinski definition) is 5. The third-order valence-corrected chi connectivity index (χ3v) is 4.86. The summed E-state index contributed by atoms with van der Waals surface area (Å²) in [4.78, 5) is 0.390. The summed E-state index contributed by atoms with van der Waals surface area (Å²) in [5.41, 5.74) is 0.556. The van der Waals surface area contributed by atoms with E-state index in [1.165, 1.54) is 30.7 Å². The van der Waals surface area contributed by atoms with Gasteiger partial charge < -0.3 is 5.11 Å². The van der Waals surface area contributed by atoms with Gasteiger partial charge in [0.2, 0.25) is 5.16 Å². The second kappa shape index (κ2) is 6.11. The molecule has 1 fully saturated rings. The van der Waals surface area contributed by atoms with Crippen molar-refractivity contribution in [3.05, 3.63) is 29.6 Å². The number of tetrazole rings is 1. The zero-order chi connectivity index (χ0) is 14.8. The molecular formula is C14H17FN4OS. The number of benzene rings is 1. The monoisotopic (exact) mass is 308 g/mol. The Morgan fingerprint density at radius 3 is 2.86 bits per heavy atom. The fraction of sp³-hybridized carbons (Fsp3) is 0.500. The van der Waals surface area contributed by atoms with Crippen molar-refractivity contribution in [2.75, 3.05) is 0 Å². The topological polar surface area (TPSA) is 63.8 Å². The Morgan fingerprint density at radius 1 is 1.38 bits per heavy atom. The summed E-state index contributed by atoms with van der Waals surface area (Å²) in [6, 6.07) is 5.00. The first-order chi connectivity index (χ1) is 10.2. The number of aliphatic hydroxyl groups is 1. The molecule has 21 heavy (non-hydrogen) atoms. The number of halogens is 1. The van der Waals surface area contributed by atoms with Crippen molar-refractivity contribution in [3.8, 4) is 0 Å². The third kappa shape index (κ3) is 2.94. The number of nitrogens with zero attached hydrogens (tertiary/aromatic N) is 4. The fourth-order valence-corrected chi connectivity index (χ4v) is 3.75. The molecule has 0 unspecified atom stereocenters. The van der Waals surface area contributed by atoms with Crippen molar-refractivity contribution in [2.24, 2.45) is 0 Å². The highest BCUT2D eigenvalue weighted by atomic mass is 32.2. The van der Waals surface area contributed by atoms with E-state index >= 15 is 0 Å². The minimum atomic E-state index is -0.737. The van der Waals surface area contributed by atoms with E-state index < -0.39 is 6.10 Å². The van der Waals surface area contributed by atoms with Gasteiger partial charge in [-0.3, -0.25) is 0 Å². The lowest BCUT2D eigenvalue weighted by molar-refractivity contribution is 0.195. The summed E-state index contributed by atoms with van der Waals surface area (Å²) in [5.74, 6) is -0.362. The average molecular weight is 308 g/mol. The molecule has 1 aromatic heterocycles. The summed E-state index contributed by atoms with van der Waals surface area (Å²) in [6.07, 6.45) is 3.72. The van der Waals surface area contributed by atoms with Crippen LogP contribution in [0.25, 0.3) is 0 Å². The predicted octanol–water partition coefficient (Wildman–Crippen LogP) is 3.13. The second-order valence-corrected chi connectivity index (χ2v) is 6.26. The fourth-order valence-electron chi connectivity index (χ4n) is 2.68. The van der Waals surface area contributed by atoms with Crippen LogP contribution in [0.2, 0.25) is 0 Å². The molecular weight excluding hydrogens is 291 g/mol. The number of rotatable bonds is 4.